The first-order chi connectivity index (χ1) is 11.0. The molecule has 0 heterocycles. The molecule has 0 aromatic heterocycles. The van der Waals surface area contributed by atoms with Crippen molar-refractivity contribution in [2.75, 3.05) is 7.11 Å². The molecular weight excluding hydrogens is 290 g/mol. The average molecular weight is 311 g/mol. The van der Waals surface area contributed by atoms with Crippen LogP contribution in [0.3, 0.4) is 0 Å². The zero-order valence-electron chi connectivity index (χ0n) is 13.6. The van der Waals surface area contributed by atoms with Crippen LogP contribution < -0.4 is 5.32 Å². The molecule has 0 aliphatic carbocycles. The molecule has 0 aliphatic rings. The molecule has 0 saturated carbocycles. The average Bonchev–Trinajstić information content (AvgIpc) is 2.57. The molecule has 0 fully saturated rings. The molecule has 2 rings (SSSR count). The number of ether oxygens (including phenoxy) is 1. The number of carbonyl (C=O) groups excluding carboxylic acids is 2. The van der Waals surface area contributed by atoms with Gasteiger partial charge in [0.15, 0.2) is 0 Å². The summed E-state index contributed by atoms with van der Waals surface area (Å²) in [6.07, 6.45) is 0.0944. The van der Waals surface area contributed by atoms with Crippen LogP contribution in [-0.4, -0.2) is 19.0 Å². The van der Waals surface area contributed by atoms with Gasteiger partial charge in [-0.1, -0.05) is 42.5 Å². The Morgan fingerprint density at radius 1 is 1.04 bits per heavy atom. The van der Waals surface area contributed by atoms with Crippen LogP contribution in [0.5, 0.6) is 0 Å². The largest absolute Gasteiger partial charge is 0.469 e. The van der Waals surface area contributed by atoms with Gasteiger partial charge in [0.25, 0.3) is 5.91 Å². The van der Waals surface area contributed by atoms with Crippen molar-refractivity contribution in [1.82, 2.24) is 5.32 Å². The second-order valence-corrected chi connectivity index (χ2v) is 5.46. The van der Waals surface area contributed by atoms with Crippen molar-refractivity contribution in [1.29, 1.82) is 0 Å². The monoisotopic (exact) mass is 311 g/mol. The first-order valence-corrected chi connectivity index (χ1v) is 7.51. The van der Waals surface area contributed by atoms with Crippen LogP contribution >= 0.6 is 0 Å². The molecule has 120 valence electrons. The summed E-state index contributed by atoms with van der Waals surface area (Å²) in [6.45, 7) is 3.89. The van der Waals surface area contributed by atoms with Crippen LogP contribution in [0.4, 0.5) is 0 Å². The number of aryl methyl sites for hydroxylation is 1. The minimum absolute atomic E-state index is 0.0944. The maximum absolute atomic E-state index is 12.6. The first kappa shape index (κ1) is 16.7. The lowest BCUT2D eigenvalue weighted by Gasteiger charge is -2.19. The third-order valence-electron chi connectivity index (χ3n) is 3.95. The van der Waals surface area contributed by atoms with E-state index in [9.17, 15) is 9.59 Å². The van der Waals surface area contributed by atoms with Gasteiger partial charge in [-0.15, -0.1) is 0 Å². The van der Waals surface area contributed by atoms with E-state index in [2.05, 4.69) is 5.32 Å². The van der Waals surface area contributed by atoms with Gasteiger partial charge in [-0.05, 0) is 36.6 Å². The lowest BCUT2D eigenvalue weighted by Crippen LogP contribution is -2.31. The van der Waals surface area contributed by atoms with E-state index in [1.54, 1.807) is 6.07 Å². The molecular formula is C19H21NO3. The number of rotatable bonds is 5. The van der Waals surface area contributed by atoms with Gasteiger partial charge in [0.1, 0.15) is 0 Å². The van der Waals surface area contributed by atoms with Crippen LogP contribution in [0.1, 0.15) is 39.5 Å². The fourth-order valence-corrected chi connectivity index (χ4v) is 2.42. The summed E-state index contributed by atoms with van der Waals surface area (Å²) in [5, 5.41) is 2.94. The molecule has 1 amide bonds. The minimum atomic E-state index is -0.420. The highest BCUT2D eigenvalue weighted by Gasteiger charge is 2.20. The van der Waals surface area contributed by atoms with E-state index < -0.39 is 6.04 Å². The van der Waals surface area contributed by atoms with Crippen LogP contribution in [0.15, 0.2) is 48.5 Å². The number of carbonyl (C=O) groups is 2. The Morgan fingerprint density at radius 3 is 2.39 bits per heavy atom. The molecule has 0 bridgehead atoms. The molecule has 23 heavy (non-hydrogen) atoms. The van der Waals surface area contributed by atoms with E-state index in [1.807, 2.05) is 56.3 Å². The Hall–Kier alpha value is -2.62. The first-order valence-electron chi connectivity index (χ1n) is 7.51. The molecule has 1 unspecified atom stereocenters. The summed E-state index contributed by atoms with van der Waals surface area (Å²) < 4.78 is 4.74. The Bertz CT molecular complexity index is 695. The van der Waals surface area contributed by atoms with E-state index in [-0.39, 0.29) is 18.3 Å². The smallest absolute Gasteiger partial charge is 0.307 e. The lowest BCUT2D eigenvalue weighted by molar-refractivity contribution is -0.141. The summed E-state index contributed by atoms with van der Waals surface area (Å²) in [4.78, 5) is 24.3. The van der Waals surface area contributed by atoms with Gasteiger partial charge in [0.2, 0.25) is 0 Å². The summed E-state index contributed by atoms with van der Waals surface area (Å²) in [5.74, 6) is -0.552. The van der Waals surface area contributed by atoms with Gasteiger partial charge in [0.05, 0.1) is 19.6 Å². The second-order valence-electron chi connectivity index (χ2n) is 5.46. The quantitative estimate of drug-likeness (QED) is 0.862. The molecule has 0 radical (unpaired) electrons. The van der Waals surface area contributed by atoms with Gasteiger partial charge < -0.3 is 10.1 Å². The standard InChI is InChI=1S/C19H21NO3/c1-13-8-7-11-16(14(13)2)19(22)20-17(12-18(21)23-3)15-9-5-4-6-10-15/h4-11,17H,12H2,1-3H3,(H,20,22). The summed E-state index contributed by atoms with van der Waals surface area (Å²) in [5.41, 5.74) is 3.49. The van der Waals surface area contributed by atoms with Crippen molar-refractivity contribution >= 4 is 11.9 Å². The van der Waals surface area contributed by atoms with E-state index in [0.29, 0.717) is 5.56 Å². The van der Waals surface area contributed by atoms with Crippen molar-refractivity contribution in [2.24, 2.45) is 0 Å². The molecule has 2 aromatic carbocycles. The number of hydrogen-bond donors (Lipinski definition) is 1. The molecule has 0 spiro atoms. The Morgan fingerprint density at radius 2 is 1.74 bits per heavy atom. The van der Waals surface area contributed by atoms with Crippen LogP contribution in [0, 0.1) is 13.8 Å². The van der Waals surface area contributed by atoms with Crippen LogP contribution in [0.2, 0.25) is 0 Å². The molecule has 4 nitrogen and oxygen atoms in total. The number of benzene rings is 2. The van der Waals surface area contributed by atoms with Gasteiger partial charge in [0, 0.05) is 5.56 Å². The summed E-state index contributed by atoms with van der Waals surface area (Å²) in [7, 11) is 1.34. The number of methoxy groups -OCH3 is 1. The number of hydrogen-bond acceptors (Lipinski definition) is 3. The minimum Gasteiger partial charge on any atom is -0.469 e. The summed E-state index contributed by atoms with van der Waals surface area (Å²) in [6, 6.07) is 14.6. The SMILES string of the molecule is COC(=O)CC(NC(=O)c1cccc(C)c1C)c1ccccc1. The zero-order valence-corrected chi connectivity index (χ0v) is 13.6. The molecule has 1 atom stereocenters. The second kappa shape index (κ2) is 7.58. The topological polar surface area (TPSA) is 55.4 Å². The number of esters is 1. The van der Waals surface area contributed by atoms with Crippen molar-refractivity contribution < 1.29 is 14.3 Å². The lowest BCUT2D eigenvalue weighted by atomic mass is 10.0. The normalized spacial score (nSPS) is 11.6. The Kier molecular flexibility index (Phi) is 5.52. The third kappa shape index (κ3) is 4.19. The van der Waals surface area contributed by atoms with Crippen molar-refractivity contribution in [3.05, 3.63) is 70.8 Å². The molecule has 2 aromatic rings. The molecule has 4 heteroatoms. The highest BCUT2D eigenvalue weighted by molar-refractivity contribution is 5.96. The van der Waals surface area contributed by atoms with E-state index in [0.717, 1.165) is 16.7 Å². The fraction of sp³-hybridized carbons (Fsp3) is 0.263. The van der Waals surface area contributed by atoms with E-state index >= 15 is 0 Å². The number of amides is 1. The van der Waals surface area contributed by atoms with Crippen molar-refractivity contribution in [3.8, 4) is 0 Å². The Balaban J connectivity index is 2.25. The van der Waals surface area contributed by atoms with Crippen LogP contribution in [0.25, 0.3) is 0 Å². The van der Waals surface area contributed by atoms with Gasteiger partial charge in [-0.2, -0.15) is 0 Å². The third-order valence-corrected chi connectivity index (χ3v) is 3.95. The maximum Gasteiger partial charge on any atom is 0.307 e. The highest BCUT2D eigenvalue weighted by Crippen LogP contribution is 2.19. The van der Waals surface area contributed by atoms with Crippen molar-refractivity contribution in [3.63, 3.8) is 0 Å². The predicted molar refractivity (Wildman–Crippen MR) is 89.2 cm³/mol. The van der Waals surface area contributed by atoms with Crippen LogP contribution in [-0.2, 0) is 9.53 Å². The number of nitrogens with one attached hydrogen (secondary N) is 1. The van der Waals surface area contributed by atoms with E-state index in [1.165, 1.54) is 7.11 Å². The maximum atomic E-state index is 12.6. The van der Waals surface area contributed by atoms with E-state index in [4.69, 9.17) is 4.74 Å². The molecule has 0 aliphatic heterocycles. The zero-order chi connectivity index (χ0) is 16.8. The van der Waals surface area contributed by atoms with Crippen molar-refractivity contribution in [2.45, 2.75) is 26.3 Å². The Labute approximate surface area is 136 Å². The highest BCUT2D eigenvalue weighted by atomic mass is 16.5. The van der Waals surface area contributed by atoms with Gasteiger partial charge in [-0.3, -0.25) is 9.59 Å². The van der Waals surface area contributed by atoms with Gasteiger partial charge in [-0.25, -0.2) is 0 Å². The fourth-order valence-electron chi connectivity index (χ4n) is 2.42. The molecule has 1 N–H and O–H groups in total. The summed E-state index contributed by atoms with van der Waals surface area (Å²) >= 11 is 0. The van der Waals surface area contributed by atoms with Gasteiger partial charge >= 0.3 is 5.97 Å². The predicted octanol–water partition coefficient (Wildman–Crippen LogP) is 3.34. The molecule has 0 saturated heterocycles.